The van der Waals surface area contributed by atoms with Crippen molar-refractivity contribution < 1.29 is 52.1 Å². The Morgan fingerprint density at radius 3 is 2.06 bits per heavy atom. The number of halogens is 3. The lowest BCUT2D eigenvalue weighted by Gasteiger charge is -2.33. The van der Waals surface area contributed by atoms with E-state index in [1.807, 2.05) is 36.4 Å². The number of ether oxygens (including phenoxy) is 1. The third kappa shape index (κ3) is 14.0. The van der Waals surface area contributed by atoms with Crippen molar-refractivity contribution in [3.05, 3.63) is 77.9 Å². The fourth-order valence-corrected chi connectivity index (χ4v) is 7.71. The summed E-state index contributed by atoms with van der Waals surface area (Å²) in [5, 5.41) is 41.7. The van der Waals surface area contributed by atoms with Gasteiger partial charge in [-0.3, -0.25) is 14.4 Å². The number of nitrogens with zero attached hydrogens (tertiary/aromatic N) is 4. The number of hydrogen-bond donors (Lipinski definition) is 7. The van der Waals surface area contributed by atoms with Crippen LogP contribution in [0.2, 0.25) is 0 Å². The summed E-state index contributed by atoms with van der Waals surface area (Å²) in [6, 6.07) is 20.0. The van der Waals surface area contributed by atoms with Crippen LogP contribution < -0.4 is 26.0 Å². The number of methoxy groups -OCH3 is 1. The predicted molar refractivity (Wildman–Crippen MR) is 225 cm³/mol. The lowest BCUT2D eigenvalue weighted by molar-refractivity contribution is -0.192. The van der Waals surface area contributed by atoms with Gasteiger partial charge in [-0.15, -0.1) is 10.2 Å². The number of carboxylic acid groups (broad SMARTS) is 2. The number of aliphatic carboxylic acids is 1. The molecule has 2 aliphatic carbocycles. The minimum Gasteiger partial charge on any atom is -0.496 e. The van der Waals surface area contributed by atoms with Crippen molar-refractivity contribution in [3.63, 3.8) is 0 Å². The average molecular weight is 880 g/mol. The van der Waals surface area contributed by atoms with Crippen molar-refractivity contribution in [2.24, 2.45) is 11.8 Å². The summed E-state index contributed by atoms with van der Waals surface area (Å²) in [7, 11) is 5.79. The summed E-state index contributed by atoms with van der Waals surface area (Å²) >= 11 is 0. The minimum absolute atomic E-state index is 0.115. The minimum atomic E-state index is -5.08. The monoisotopic (exact) mass is 879 g/mol. The number of aromatic amines is 1. The van der Waals surface area contributed by atoms with E-state index in [4.69, 9.17) is 19.7 Å². The van der Waals surface area contributed by atoms with E-state index in [2.05, 4.69) is 60.9 Å². The van der Waals surface area contributed by atoms with Crippen LogP contribution in [0.25, 0.3) is 22.5 Å². The van der Waals surface area contributed by atoms with E-state index >= 15 is 0 Å². The molecule has 2 fully saturated rings. The molecule has 0 aliphatic heterocycles. The van der Waals surface area contributed by atoms with E-state index in [9.17, 15) is 32.3 Å². The highest BCUT2D eigenvalue weighted by molar-refractivity contribution is 5.98. The Bertz CT molecular complexity index is 2160. The van der Waals surface area contributed by atoms with Gasteiger partial charge in [0.15, 0.2) is 0 Å². The molecule has 7 N–H and O–H groups in total. The van der Waals surface area contributed by atoms with Crippen molar-refractivity contribution >= 4 is 35.5 Å². The van der Waals surface area contributed by atoms with Gasteiger partial charge in [0.25, 0.3) is 5.91 Å². The zero-order valence-corrected chi connectivity index (χ0v) is 35.1. The van der Waals surface area contributed by atoms with Gasteiger partial charge < -0.3 is 41.1 Å². The van der Waals surface area contributed by atoms with Gasteiger partial charge >= 0.3 is 18.2 Å². The Kier molecular flexibility index (Phi) is 16.6. The van der Waals surface area contributed by atoms with Crippen LogP contribution in [0, 0.1) is 11.8 Å². The second kappa shape index (κ2) is 22.0. The number of carbonyl (C=O) groups is 5. The number of alkyl halides is 3. The van der Waals surface area contributed by atoms with Gasteiger partial charge in [-0.2, -0.15) is 18.4 Å². The Morgan fingerprint density at radius 2 is 1.51 bits per heavy atom. The number of carboxylic acids is 1. The number of tetrazole rings is 1. The van der Waals surface area contributed by atoms with Gasteiger partial charge in [-0.1, -0.05) is 24.3 Å². The number of nitrogens with one attached hydrogen (secondary N) is 5. The maximum absolute atomic E-state index is 13.8. The Hall–Kier alpha value is -6.57. The molecule has 17 nitrogen and oxygen atoms in total. The number of anilines is 1. The van der Waals surface area contributed by atoms with Crippen LogP contribution in [-0.4, -0.2) is 118 Å². The first-order valence-electron chi connectivity index (χ1n) is 20.5. The molecule has 0 unspecified atom stereocenters. The van der Waals surface area contributed by atoms with E-state index in [1.165, 1.54) is 0 Å². The molecule has 63 heavy (non-hydrogen) atoms. The molecular formula is C43H52F3N9O8. The van der Waals surface area contributed by atoms with Crippen LogP contribution in [0.1, 0.15) is 67.3 Å². The van der Waals surface area contributed by atoms with E-state index in [-0.39, 0.29) is 42.0 Å². The first-order valence-corrected chi connectivity index (χ1v) is 20.5. The lowest BCUT2D eigenvalue weighted by atomic mass is 9.81. The van der Waals surface area contributed by atoms with Crippen molar-refractivity contribution in [2.75, 3.05) is 33.1 Å². The standard InChI is InChI=1S/C41H51N9O6.C2HF3O2/c1-50(2)33-19-17-32(18-20-33)43-39(52)30-14-21-34(36(23-30)56-3)27-8-4-25(5-9-27)22-35(45-38(51)29-10-6-26(7-11-29)24-42-41(54)55)40(53)44-31-15-12-28(13-16-31)37-46-48-49-47-37;3-2(4,5)1(6)7/h4-5,8-9,12-16,21,23,26,29,32-33,35,42H,6-7,10-11,17-20,22,24H2,1-3H3,(H,43,52)(H,44,53)(H,45,51)(H,54,55)(H,46,47,48,49);(H,6,7)/t26?,29?,32-,33-,35-;/m0./s1. The summed E-state index contributed by atoms with van der Waals surface area (Å²) in [4.78, 5) is 62.7. The van der Waals surface area contributed by atoms with Gasteiger partial charge in [-0.05, 0) is 130 Å². The van der Waals surface area contributed by atoms with E-state index < -0.39 is 24.3 Å². The van der Waals surface area contributed by atoms with E-state index in [0.717, 1.165) is 60.8 Å². The first kappa shape index (κ1) is 47.5. The molecule has 1 atom stereocenters. The quantitative estimate of drug-likeness (QED) is 0.0829. The van der Waals surface area contributed by atoms with Gasteiger partial charge in [0, 0.05) is 53.3 Å². The fourth-order valence-electron chi connectivity index (χ4n) is 7.71. The highest BCUT2D eigenvalue weighted by Crippen LogP contribution is 2.32. The highest BCUT2D eigenvalue weighted by atomic mass is 19.4. The maximum Gasteiger partial charge on any atom is 0.490 e. The third-order valence-electron chi connectivity index (χ3n) is 11.3. The summed E-state index contributed by atoms with van der Waals surface area (Å²) < 4.78 is 37.5. The van der Waals surface area contributed by atoms with Crippen molar-refractivity contribution in [2.45, 2.75) is 82.1 Å². The molecule has 4 aromatic rings. The van der Waals surface area contributed by atoms with Crippen LogP contribution >= 0.6 is 0 Å². The molecule has 0 spiro atoms. The molecule has 0 radical (unpaired) electrons. The van der Waals surface area contributed by atoms with Crippen molar-refractivity contribution in [3.8, 4) is 28.3 Å². The zero-order chi connectivity index (χ0) is 45.7. The van der Waals surface area contributed by atoms with Gasteiger partial charge in [0.1, 0.15) is 11.8 Å². The fraction of sp³-hybridized carbons (Fsp3) is 0.442. The summed E-state index contributed by atoms with van der Waals surface area (Å²) in [5.74, 6) is -2.54. The Balaban J connectivity index is 0.000000985. The largest absolute Gasteiger partial charge is 0.496 e. The van der Waals surface area contributed by atoms with Gasteiger partial charge in [0.05, 0.1) is 7.11 Å². The number of amides is 4. The molecule has 20 heteroatoms. The van der Waals surface area contributed by atoms with Crippen LogP contribution in [-0.2, 0) is 20.8 Å². The normalized spacial score (nSPS) is 19.1. The Morgan fingerprint density at radius 1 is 0.873 bits per heavy atom. The molecule has 4 amide bonds. The third-order valence-corrected chi connectivity index (χ3v) is 11.3. The molecule has 2 saturated carbocycles. The predicted octanol–water partition coefficient (Wildman–Crippen LogP) is 5.52. The van der Waals surface area contributed by atoms with Gasteiger partial charge in [0.2, 0.25) is 17.6 Å². The smallest absolute Gasteiger partial charge is 0.490 e. The number of carbonyl (C=O) groups excluding carboxylic acids is 3. The van der Waals surface area contributed by atoms with E-state index in [1.54, 1.807) is 37.4 Å². The van der Waals surface area contributed by atoms with Crippen LogP contribution in [0.15, 0.2) is 66.7 Å². The molecule has 0 bridgehead atoms. The summed E-state index contributed by atoms with van der Waals surface area (Å²) in [6.07, 6.45) is 0.776. The molecule has 0 saturated heterocycles. The zero-order valence-electron chi connectivity index (χ0n) is 35.1. The molecular weight excluding hydrogens is 828 g/mol. The second-order valence-electron chi connectivity index (χ2n) is 15.8. The first-order chi connectivity index (χ1) is 30.0. The van der Waals surface area contributed by atoms with E-state index in [0.29, 0.717) is 48.3 Å². The Labute approximate surface area is 361 Å². The van der Waals surface area contributed by atoms with Crippen LogP contribution in [0.3, 0.4) is 0 Å². The SMILES string of the molecule is COc1cc(C(=O)N[C@H]2CC[C@H](N(C)C)CC2)ccc1-c1ccc(C[C@H](NC(=O)C2CCC(CNC(=O)O)CC2)C(=O)Nc2ccc(-c3nn[nH]n3)cc2)cc1.O=C(O)C(F)(F)F. The number of H-pyrrole nitrogens is 1. The molecule has 1 aromatic heterocycles. The average Bonchev–Trinajstić information content (AvgIpc) is 3.81. The summed E-state index contributed by atoms with van der Waals surface area (Å²) in [5.41, 5.74) is 4.34. The number of hydrogen-bond acceptors (Lipinski definition) is 10. The molecule has 2 aliphatic rings. The van der Waals surface area contributed by atoms with Crippen molar-refractivity contribution in [1.29, 1.82) is 0 Å². The second-order valence-corrected chi connectivity index (χ2v) is 15.8. The highest BCUT2D eigenvalue weighted by Gasteiger charge is 2.38. The maximum atomic E-state index is 13.8. The lowest BCUT2D eigenvalue weighted by Crippen LogP contribution is -2.48. The van der Waals surface area contributed by atoms with Gasteiger partial charge in [-0.25, -0.2) is 9.59 Å². The number of rotatable bonds is 14. The molecule has 1 heterocycles. The number of benzene rings is 3. The van der Waals surface area contributed by atoms with Crippen molar-refractivity contribution in [1.82, 2.24) is 41.5 Å². The van der Waals surface area contributed by atoms with Crippen LogP contribution in [0.5, 0.6) is 5.75 Å². The van der Waals surface area contributed by atoms with Crippen LogP contribution in [0.4, 0.5) is 23.7 Å². The topological polar surface area (TPSA) is 241 Å². The summed E-state index contributed by atoms with van der Waals surface area (Å²) in [6.45, 7) is 0.361. The number of aromatic nitrogens is 4. The molecule has 3 aromatic carbocycles. The molecule has 6 rings (SSSR count). The molecule has 338 valence electrons.